The molecular weight excluding hydrogens is 701 g/mol. The second kappa shape index (κ2) is 13.9. The van der Waals surface area contributed by atoms with Crippen molar-refractivity contribution >= 4 is 29.7 Å². The van der Waals surface area contributed by atoms with Crippen molar-refractivity contribution in [2.45, 2.75) is 54.4 Å². The van der Waals surface area contributed by atoms with E-state index in [1.165, 1.54) is 47.7 Å². The van der Waals surface area contributed by atoms with Crippen molar-refractivity contribution in [1.82, 2.24) is 0 Å². The summed E-state index contributed by atoms with van der Waals surface area (Å²) in [5, 5.41) is 1.54. The van der Waals surface area contributed by atoms with E-state index in [0.29, 0.717) is 5.92 Å². The van der Waals surface area contributed by atoms with Gasteiger partial charge in [0.1, 0.15) is 0 Å². The molecule has 44 heavy (non-hydrogen) atoms. The van der Waals surface area contributed by atoms with E-state index in [0.717, 1.165) is 22.9 Å². The maximum absolute atomic E-state index is 6.46. The Hall–Kier alpha value is -1.73. The second-order valence-corrected chi connectivity index (χ2v) is 19.5. The molecule has 2 aliphatic carbocycles. The molecule has 0 saturated heterocycles. The molecule has 0 N–H and O–H groups in total. The van der Waals surface area contributed by atoms with E-state index in [1.807, 2.05) is 24.3 Å². The Balaban J connectivity index is 0.00000221. The third-order valence-corrected chi connectivity index (χ3v) is 17.7. The summed E-state index contributed by atoms with van der Waals surface area (Å²) in [6.45, 7) is 14.0. The number of benzene rings is 4. The summed E-state index contributed by atoms with van der Waals surface area (Å²) in [5.74, 6) is 0.449. The minimum absolute atomic E-state index is 0. The topological polar surface area (TPSA) is 0 Å². The van der Waals surface area contributed by atoms with Gasteiger partial charge in [0.2, 0.25) is 0 Å². The van der Waals surface area contributed by atoms with Crippen LogP contribution in [0.5, 0.6) is 0 Å². The number of fused-ring (bicyclic) bond motifs is 3. The fourth-order valence-electron chi connectivity index (χ4n) is 6.66. The summed E-state index contributed by atoms with van der Waals surface area (Å²) >= 11 is 10.0. The second-order valence-electron chi connectivity index (χ2n) is 12.9. The molecule has 4 aromatic rings. The van der Waals surface area contributed by atoms with Crippen LogP contribution in [0.4, 0.5) is 0 Å². The molecule has 0 aromatic heterocycles. The molecule has 1 atom stereocenters. The molecule has 0 heterocycles. The molecule has 1 unspecified atom stereocenters. The van der Waals surface area contributed by atoms with Crippen LogP contribution in [0.3, 0.4) is 0 Å². The van der Waals surface area contributed by atoms with Gasteiger partial charge in [-0.1, -0.05) is 0 Å². The molecule has 0 bridgehead atoms. The molecule has 0 amide bonds. The molecule has 0 aliphatic heterocycles. The molecule has 226 valence electrons. The van der Waals surface area contributed by atoms with Gasteiger partial charge in [0.05, 0.1) is 0 Å². The molecule has 5 heteroatoms. The number of halogens is 4. The summed E-state index contributed by atoms with van der Waals surface area (Å²) in [4.78, 5) is 0. The Morgan fingerprint density at radius 1 is 0.795 bits per heavy atom. The SMILES string of the molecule is CCC1C=C(C(C)(C)C)C=[C]1[Zr+2](=[C](c1ccc(Cl)cc1)c1ccc(Cl)cc1)[c]1c(C)ccc2c1Cc1cc(C)ccc1-2.[Cl-].[Cl-]. The van der Waals surface area contributed by atoms with Gasteiger partial charge in [-0.3, -0.25) is 0 Å². The Bertz CT molecular complexity index is 1740. The first-order valence-corrected chi connectivity index (χ1v) is 19.4. The van der Waals surface area contributed by atoms with Crippen LogP contribution in [-0.2, 0) is 27.7 Å². The number of rotatable bonds is 5. The van der Waals surface area contributed by atoms with Gasteiger partial charge < -0.3 is 24.8 Å². The average molecular weight is 740 g/mol. The summed E-state index contributed by atoms with van der Waals surface area (Å²) in [6, 6.07) is 28.9. The number of hydrogen-bond acceptors (Lipinski definition) is 0. The Labute approximate surface area is 293 Å². The first kappa shape index (κ1) is 35.1. The normalized spacial score (nSPS) is 14.8. The predicted octanol–water partition coefficient (Wildman–Crippen LogP) is 4.60. The van der Waals surface area contributed by atoms with E-state index < -0.39 is 21.3 Å². The minimum atomic E-state index is -2.89. The Morgan fingerprint density at radius 3 is 1.91 bits per heavy atom. The average Bonchev–Trinajstić information content (AvgIpc) is 3.55. The van der Waals surface area contributed by atoms with E-state index in [1.54, 1.807) is 12.1 Å². The van der Waals surface area contributed by atoms with Crippen molar-refractivity contribution in [1.29, 1.82) is 0 Å². The molecule has 4 aromatic carbocycles. The zero-order valence-electron chi connectivity index (χ0n) is 26.2. The van der Waals surface area contributed by atoms with Crippen LogP contribution in [0, 0.1) is 25.2 Å². The van der Waals surface area contributed by atoms with Crippen molar-refractivity contribution < 1.29 is 46.1 Å². The number of aryl methyl sites for hydroxylation is 2. The van der Waals surface area contributed by atoms with Gasteiger partial charge >= 0.3 is 271 Å². The minimum Gasteiger partial charge on any atom is -1.00 e. The monoisotopic (exact) mass is 736 g/mol. The van der Waals surface area contributed by atoms with E-state index >= 15 is 0 Å². The van der Waals surface area contributed by atoms with Crippen LogP contribution < -0.4 is 28.1 Å². The van der Waals surface area contributed by atoms with Gasteiger partial charge in [0, 0.05) is 0 Å². The molecule has 6 rings (SSSR count). The summed E-state index contributed by atoms with van der Waals surface area (Å²) in [6.07, 6.45) is 7.30. The van der Waals surface area contributed by atoms with Crippen LogP contribution in [0.1, 0.15) is 67.5 Å². The summed E-state index contributed by atoms with van der Waals surface area (Å²) in [5.41, 5.74) is 12.7. The van der Waals surface area contributed by atoms with Crippen molar-refractivity contribution in [2.75, 3.05) is 0 Å². The zero-order valence-corrected chi connectivity index (χ0v) is 31.6. The molecule has 0 radical (unpaired) electrons. The maximum atomic E-state index is 6.46. The van der Waals surface area contributed by atoms with Gasteiger partial charge in [-0.2, -0.15) is 0 Å². The van der Waals surface area contributed by atoms with Crippen LogP contribution >= 0.6 is 23.2 Å². The first-order valence-electron chi connectivity index (χ1n) is 15.0. The molecule has 0 fully saturated rings. The molecule has 0 nitrogen and oxygen atoms in total. The molecule has 2 aliphatic rings. The maximum Gasteiger partial charge on any atom is -1.00 e. The third-order valence-electron chi connectivity index (χ3n) is 8.89. The number of allylic oxidation sites excluding steroid dienone is 4. The van der Waals surface area contributed by atoms with E-state index in [4.69, 9.17) is 23.2 Å². The van der Waals surface area contributed by atoms with Crippen LogP contribution in [0.2, 0.25) is 10.0 Å². The van der Waals surface area contributed by atoms with E-state index in [9.17, 15) is 0 Å². The van der Waals surface area contributed by atoms with Crippen molar-refractivity contribution in [3.63, 3.8) is 0 Å². The summed E-state index contributed by atoms with van der Waals surface area (Å²) in [7, 11) is 0. The van der Waals surface area contributed by atoms with E-state index in [-0.39, 0.29) is 30.2 Å². The fourth-order valence-corrected chi connectivity index (χ4v) is 16.0. The smallest absolute Gasteiger partial charge is 1.00 e. The van der Waals surface area contributed by atoms with Gasteiger partial charge in [-0.25, -0.2) is 0 Å². The van der Waals surface area contributed by atoms with Crippen LogP contribution in [0.25, 0.3) is 11.1 Å². The van der Waals surface area contributed by atoms with Gasteiger partial charge in [0.15, 0.2) is 0 Å². The Kier molecular flexibility index (Phi) is 11.1. The zero-order chi connectivity index (χ0) is 29.8. The van der Waals surface area contributed by atoms with Crippen molar-refractivity contribution in [2.24, 2.45) is 11.3 Å². The first-order chi connectivity index (χ1) is 20.0. The largest absolute Gasteiger partial charge is 1.00 e. The summed E-state index contributed by atoms with van der Waals surface area (Å²) < 4.78 is 4.81. The van der Waals surface area contributed by atoms with Gasteiger partial charge in [0.25, 0.3) is 0 Å². The predicted molar refractivity (Wildman–Crippen MR) is 179 cm³/mol. The molecular formula is C39H38Cl4Zr. The van der Waals surface area contributed by atoms with E-state index in [2.05, 4.69) is 108 Å². The fraction of sp³-hybridized carbons (Fsp3) is 0.256. The van der Waals surface area contributed by atoms with Gasteiger partial charge in [-0.05, 0) is 0 Å². The van der Waals surface area contributed by atoms with Crippen LogP contribution in [-0.4, -0.2) is 3.21 Å². The van der Waals surface area contributed by atoms with Crippen LogP contribution in [0.15, 0.2) is 99.9 Å². The standard InChI is InChI=1S/C15H13.C13H8Cl2.C11H17.2ClH.Zr/c1-10-3-5-14-12(7-10)9-13-8-11(2)4-6-15(13)14;14-12-5-1-10(2-6-12)9-11-3-7-13(15)8-4-11;1-5-9-6-7-10(8-9)11(2,3)4;;;/h3-7H,9H2,1-2H3;1-8H;7-9H,5H2,1-4H3;2*1H;/q;;;;;+2/p-2. The molecule has 0 spiro atoms. The van der Waals surface area contributed by atoms with Gasteiger partial charge in [-0.15, -0.1) is 0 Å². The quantitative estimate of drug-likeness (QED) is 0.248. The van der Waals surface area contributed by atoms with Crippen molar-refractivity contribution in [3.8, 4) is 11.1 Å². The van der Waals surface area contributed by atoms with Crippen molar-refractivity contribution in [3.05, 3.63) is 143 Å². The third kappa shape index (κ3) is 6.70. The molecule has 0 saturated carbocycles. The Morgan fingerprint density at radius 2 is 1.36 bits per heavy atom. The number of hydrogen-bond donors (Lipinski definition) is 0.